The summed E-state index contributed by atoms with van der Waals surface area (Å²) in [5, 5.41) is 4.87. The van der Waals surface area contributed by atoms with Gasteiger partial charge in [0.05, 0.1) is 0 Å². The highest BCUT2D eigenvalue weighted by molar-refractivity contribution is 9.10. The highest BCUT2D eigenvalue weighted by Crippen LogP contribution is 2.24. The Labute approximate surface area is 125 Å². The van der Waals surface area contributed by atoms with Crippen molar-refractivity contribution in [2.24, 2.45) is 0 Å². The Morgan fingerprint density at radius 3 is 2.61 bits per heavy atom. The van der Waals surface area contributed by atoms with Gasteiger partial charge in [0.15, 0.2) is 0 Å². The van der Waals surface area contributed by atoms with Gasteiger partial charge in [-0.1, -0.05) is 39.1 Å². The van der Waals surface area contributed by atoms with Crippen molar-refractivity contribution in [1.29, 1.82) is 0 Å². The van der Waals surface area contributed by atoms with Gasteiger partial charge in [-0.15, -0.1) is 0 Å². The molecule has 2 aromatic rings. The standard InChI is InChI=1S/C14H12BrCl2N/c1-9-6-12(16)3-5-14(9)18-8-10-7-11(15)2-4-13(10)17/h2-7,18H,8H2,1H3. The van der Waals surface area contributed by atoms with Crippen LogP contribution in [-0.4, -0.2) is 0 Å². The molecule has 1 nitrogen and oxygen atoms in total. The summed E-state index contributed by atoms with van der Waals surface area (Å²) in [6.45, 7) is 2.71. The van der Waals surface area contributed by atoms with Crippen molar-refractivity contribution in [2.75, 3.05) is 5.32 Å². The molecule has 0 bridgehead atoms. The summed E-state index contributed by atoms with van der Waals surface area (Å²) in [5.41, 5.74) is 3.24. The number of hydrogen-bond donors (Lipinski definition) is 1. The van der Waals surface area contributed by atoms with Crippen LogP contribution in [0, 0.1) is 6.92 Å². The van der Waals surface area contributed by atoms with Crippen molar-refractivity contribution in [3.05, 3.63) is 62.0 Å². The van der Waals surface area contributed by atoms with Gasteiger partial charge >= 0.3 is 0 Å². The van der Waals surface area contributed by atoms with Crippen LogP contribution in [-0.2, 0) is 6.54 Å². The molecule has 0 aliphatic heterocycles. The second kappa shape index (κ2) is 5.96. The molecule has 4 heteroatoms. The molecule has 0 atom stereocenters. The van der Waals surface area contributed by atoms with Crippen molar-refractivity contribution >= 4 is 44.8 Å². The molecular weight excluding hydrogens is 333 g/mol. The Morgan fingerprint density at radius 1 is 1.11 bits per heavy atom. The average molecular weight is 345 g/mol. The second-order valence-corrected chi connectivity index (χ2v) is 5.81. The van der Waals surface area contributed by atoms with Gasteiger partial charge in [-0.3, -0.25) is 0 Å². The maximum Gasteiger partial charge on any atom is 0.0456 e. The van der Waals surface area contributed by atoms with E-state index >= 15 is 0 Å². The van der Waals surface area contributed by atoms with E-state index in [4.69, 9.17) is 23.2 Å². The Bertz CT molecular complexity index is 570. The first-order valence-corrected chi connectivity index (χ1v) is 7.05. The summed E-state index contributed by atoms with van der Waals surface area (Å²) in [4.78, 5) is 0. The van der Waals surface area contributed by atoms with Gasteiger partial charge in [0.25, 0.3) is 0 Å². The van der Waals surface area contributed by atoms with Gasteiger partial charge in [-0.25, -0.2) is 0 Å². The quantitative estimate of drug-likeness (QED) is 0.755. The zero-order valence-electron chi connectivity index (χ0n) is 9.81. The van der Waals surface area contributed by atoms with Crippen LogP contribution in [0.2, 0.25) is 10.0 Å². The topological polar surface area (TPSA) is 12.0 Å². The molecule has 0 heterocycles. The van der Waals surface area contributed by atoms with Gasteiger partial charge in [0.1, 0.15) is 0 Å². The predicted molar refractivity (Wildman–Crippen MR) is 82.7 cm³/mol. The largest absolute Gasteiger partial charge is 0.381 e. The Morgan fingerprint density at radius 2 is 1.89 bits per heavy atom. The Kier molecular flexibility index (Phi) is 4.55. The fourth-order valence-electron chi connectivity index (χ4n) is 1.69. The summed E-state index contributed by atoms with van der Waals surface area (Å²) < 4.78 is 1.02. The molecule has 1 N–H and O–H groups in total. The molecule has 0 spiro atoms. The van der Waals surface area contributed by atoms with E-state index in [9.17, 15) is 0 Å². The maximum atomic E-state index is 6.15. The Balaban J connectivity index is 2.13. The number of nitrogens with one attached hydrogen (secondary N) is 1. The third-order valence-electron chi connectivity index (χ3n) is 2.67. The smallest absolute Gasteiger partial charge is 0.0456 e. The lowest BCUT2D eigenvalue weighted by molar-refractivity contribution is 1.14. The van der Waals surface area contributed by atoms with E-state index in [1.807, 2.05) is 43.3 Å². The molecule has 0 saturated heterocycles. The van der Waals surface area contributed by atoms with Gasteiger partial charge in [0.2, 0.25) is 0 Å². The molecule has 94 valence electrons. The van der Waals surface area contributed by atoms with Crippen molar-refractivity contribution in [3.63, 3.8) is 0 Å². The van der Waals surface area contributed by atoms with Crippen molar-refractivity contribution < 1.29 is 0 Å². The SMILES string of the molecule is Cc1cc(Cl)ccc1NCc1cc(Br)ccc1Cl. The van der Waals surface area contributed by atoms with E-state index in [-0.39, 0.29) is 0 Å². The summed E-state index contributed by atoms with van der Waals surface area (Å²) in [6, 6.07) is 11.6. The summed E-state index contributed by atoms with van der Waals surface area (Å²) in [6.07, 6.45) is 0. The molecular formula is C14H12BrCl2N. The first-order valence-electron chi connectivity index (χ1n) is 5.50. The van der Waals surface area contributed by atoms with Crippen LogP contribution in [0.4, 0.5) is 5.69 Å². The first kappa shape index (κ1) is 13.7. The van der Waals surface area contributed by atoms with Crippen LogP contribution in [0.5, 0.6) is 0 Å². The summed E-state index contributed by atoms with van der Waals surface area (Å²) in [7, 11) is 0. The van der Waals surface area contributed by atoms with Crippen LogP contribution >= 0.6 is 39.1 Å². The molecule has 0 fully saturated rings. The van der Waals surface area contributed by atoms with Crippen LogP contribution in [0.1, 0.15) is 11.1 Å². The molecule has 18 heavy (non-hydrogen) atoms. The number of halogens is 3. The van der Waals surface area contributed by atoms with Crippen LogP contribution < -0.4 is 5.32 Å². The third kappa shape index (κ3) is 3.41. The number of hydrogen-bond acceptors (Lipinski definition) is 1. The monoisotopic (exact) mass is 343 g/mol. The molecule has 2 aromatic carbocycles. The lowest BCUT2D eigenvalue weighted by atomic mass is 10.2. The average Bonchev–Trinajstić information content (AvgIpc) is 2.32. The van der Waals surface area contributed by atoms with E-state index < -0.39 is 0 Å². The molecule has 0 aliphatic rings. The number of aryl methyl sites for hydroxylation is 1. The number of rotatable bonds is 3. The van der Waals surface area contributed by atoms with Gasteiger partial charge in [-0.2, -0.15) is 0 Å². The van der Waals surface area contributed by atoms with Gasteiger partial charge in [-0.05, 0) is 54.4 Å². The second-order valence-electron chi connectivity index (χ2n) is 4.05. The summed E-state index contributed by atoms with van der Waals surface area (Å²) in [5.74, 6) is 0. The zero-order valence-corrected chi connectivity index (χ0v) is 12.9. The maximum absolute atomic E-state index is 6.15. The van der Waals surface area contributed by atoms with E-state index in [1.165, 1.54) is 0 Å². The first-order chi connectivity index (χ1) is 8.56. The minimum atomic E-state index is 0.681. The van der Waals surface area contributed by atoms with Crippen molar-refractivity contribution in [2.45, 2.75) is 13.5 Å². The minimum Gasteiger partial charge on any atom is -0.381 e. The zero-order chi connectivity index (χ0) is 13.1. The van der Waals surface area contributed by atoms with Crippen molar-refractivity contribution in [3.8, 4) is 0 Å². The molecule has 2 rings (SSSR count). The highest BCUT2D eigenvalue weighted by atomic mass is 79.9. The molecule has 0 radical (unpaired) electrons. The van der Waals surface area contributed by atoms with E-state index in [1.54, 1.807) is 0 Å². The molecule has 0 aromatic heterocycles. The third-order valence-corrected chi connectivity index (χ3v) is 3.76. The molecule has 0 unspecified atom stereocenters. The fourth-order valence-corrected chi connectivity index (χ4v) is 2.51. The number of anilines is 1. The Hall–Kier alpha value is -0.700. The fraction of sp³-hybridized carbons (Fsp3) is 0.143. The van der Waals surface area contributed by atoms with E-state index in [0.717, 1.165) is 31.3 Å². The van der Waals surface area contributed by atoms with Crippen LogP contribution in [0.3, 0.4) is 0 Å². The number of benzene rings is 2. The highest BCUT2D eigenvalue weighted by Gasteiger charge is 2.03. The molecule has 0 saturated carbocycles. The lowest BCUT2D eigenvalue weighted by Gasteiger charge is -2.11. The lowest BCUT2D eigenvalue weighted by Crippen LogP contribution is -2.01. The summed E-state index contributed by atoms with van der Waals surface area (Å²) >= 11 is 15.5. The predicted octanol–water partition coefficient (Wildman–Crippen LogP) is 5.68. The minimum absolute atomic E-state index is 0.681. The van der Waals surface area contributed by atoms with Gasteiger partial charge < -0.3 is 5.32 Å². The van der Waals surface area contributed by atoms with Crippen LogP contribution in [0.15, 0.2) is 40.9 Å². The molecule has 0 amide bonds. The van der Waals surface area contributed by atoms with Crippen LogP contribution in [0.25, 0.3) is 0 Å². The van der Waals surface area contributed by atoms with E-state index in [0.29, 0.717) is 6.54 Å². The van der Waals surface area contributed by atoms with E-state index in [2.05, 4.69) is 21.2 Å². The molecule has 0 aliphatic carbocycles. The van der Waals surface area contributed by atoms with Crippen molar-refractivity contribution in [1.82, 2.24) is 0 Å². The normalized spacial score (nSPS) is 10.4. The van der Waals surface area contributed by atoms with Gasteiger partial charge in [0, 0.05) is 26.8 Å².